The van der Waals surface area contributed by atoms with Crippen LogP contribution in [0.1, 0.15) is 16.7 Å². The summed E-state index contributed by atoms with van der Waals surface area (Å²) in [4.78, 5) is 78.4. The molecule has 0 radical (unpaired) electrons. The topological polar surface area (TPSA) is 178 Å². The van der Waals surface area contributed by atoms with Gasteiger partial charge in [-0.15, -0.1) is 9.46 Å². The highest BCUT2D eigenvalue weighted by Gasteiger charge is 2.16. The molecule has 0 fully saturated rings. The van der Waals surface area contributed by atoms with Crippen LogP contribution in [0.5, 0.6) is 5.75 Å². The van der Waals surface area contributed by atoms with Gasteiger partial charge in [0.15, 0.2) is 11.3 Å². The van der Waals surface area contributed by atoms with E-state index in [1.807, 2.05) is 60.7 Å². The molecule has 0 amide bonds. The van der Waals surface area contributed by atoms with Gasteiger partial charge in [-0.1, -0.05) is 72.8 Å². The molecule has 15 heteroatoms. The lowest BCUT2D eigenvalue weighted by Crippen LogP contribution is -2.43. The molecular weight excluding hydrogens is 632 g/mol. The van der Waals surface area contributed by atoms with Gasteiger partial charge in [0.2, 0.25) is 0 Å². The lowest BCUT2D eigenvalue weighted by molar-refractivity contribution is 0.0914. The van der Waals surface area contributed by atoms with Gasteiger partial charge in [-0.05, 0) is 28.8 Å². The Morgan fingerprint density at radius 3 is 1.80 bits per heavy atom. The molecule has 1 N–H and O–H groups in total. The van der Waals surface area contributed by atoms with Gasteiger partial charge in [-0.3, -0.25) is 19.1 Å². The first-order valence-corrected chi connectivity index (χ1v) is 14.8. The quantitative estimate of drug-likeness (QED) is 0.239. The Kier molecular flexibility index (Phi) is 9.60. The Morgan fingerprint density at radius 1 is 0.653 bits per heavy atom. The Hall–Kier alpha value is -6.90. The van der Waals surface area contributed by atoms with Crippen molar-refractivity contribution in [2.24, 2.45) is 0 Å². The van der Waals surface area contributed by atoms with Crippen molar-refractivity contribution in [1.82, 2.24) is 38.9 Å². The van der Waals surface area contributed by atoms with Crippen LogP contribution in [-0.4, -0.2) is 46.1 Å². The summed E-state index contributed by atoms with van der Waals surface area (Å²) < 4.78 is 8.27. The van der Waals surface area contributed by atoms with E-state index in [4.69, 9.17) is 14.4 Å². The van der Waals surface area contributed by atoms with Gasteiger partial charge in [-0.2, -0.15) is 0 Å². The molecule has 7 rings (SSSR count). The number of fused-ring (bicyclic) bond motifs is 2. The van der Waals surface area contributed by atoms with Gasteiger partial charge in [-0.25, -0.2) is 29.5 Å². The zero-order valence-electron chi connectivity index (χ0n) is 26.0. The molecule has 0 bridgehead atoms. The molecule has 3 aromatic carbocycles. The Morgan fingerprint density at radius 2 is 1.20 bits per heavy atom. The van der Waals surface area contributed by atoms with Crippen LogP contribution in [0.2, 0.25) is 0 Å². The molecular formula is C34H28N8O7. The van der Waals surface area contributed by atoms with Crippen LogP contribution < -0.4 is 36.9 Å². The molecule has 4 aromatic heterocycles. The number of benzene rings is 3. The van der Waals surface area contributed by atoms with Crippen LogP contribution in [0.4, 0.5) is 0 Å². The summed E-state index contributed by atoms with van der Waals surface area (Å²) in [5.74, 6) is 0.691. The molecule has 49 heavy (non-hydrogen) atoms. The van der Waals surface area contributed by atoms with E-state index in [1.165, 1.54) is 25.0 Å². The van der Waals surface area contributed by atoms with Crippen LogP contribution in [0.25, 0.3) is 22.1 Å². The van der Waals surface area contributed by atoms with Crippen LogP contribution in [0.3, 0.4) is 0 Å². The minimum absolute atomic E-state index is 0.0845. The number of ether oxygens (including phenoxy) is 1. The normalized spacial score (nSPS) is 10.7. The first-order chi connectivity index (χ1) is 23.9. The second-order valence-electron chi connectivity index (χ2n) is 10.4. The lowest BCUT2D eigenvalue weighted by Gasteiger charge is -2.14. The van der Waals surface area contributed by atoms with E-state index >= 15 is 0 Å². The number of aromatic nitrogens is 8. The van der Waals surface area contributed by atoms with Crippen LogP contribution >= 0.6 is 0 Å². The fourth-order valence-corrected chi connectivity index (χ4v) is 4.74. The number of nitrogens with zero attached hydrogens (tertiary/aromatic N) is 7. The number of hydrogen-bond acceptors (Lipinski definition) is 11. The lowest BCUT2D eigenvalue weighted by atomic mass is 10.2. The summed E-state index contributed by atoms with van der Waals surface area (Å²) in [5.41, 5.74) is 0.552. The predicted octanol–water partition coefficient (Wildman–Crippen LogP) is 1.75. The first-order valence-electron chi connectivity index (χ1n) is 14.8. The number of methoxy groups -OCH3 is 1. The standard InChI is InChI=1S/C21H18N4O4.C13H10N4O3/c1-28-17-9-7-15(8-10-17)12-24-20(26)18-11-22-14-23-19(18)25(21(24)27)29-13-16-5-3-2-4-6-16;18-12-10-6-14-8-15-11(10)17(13(19)16-12)20-7-9-4-2-1-3-5-9/h2-11,14H,12-13H2,1H3;1-6,8H,7H2,(H,16,18,19). The van der Waals surface area contributed by atoms with Crippen LogP contribution in [-0.2, 0) is 19.8 Å². The van der Waals surface area contributed by atoms with E-state index < -0.39 is 22.5 Å². The van der Waals surface area contributed by atoms with Gasteiger partial charge in [0, 0.05) is 12.4 Å². The summed E-state index contributed by atoms with van der Waals surface area (Å²) in [6.45, 7) is 0.424. The third-order valence-electron chi connectivity index (χ3n) is 7.20. The SMILES string of the molecule is COc1ccc(Cn2c(=O)c3cncnc3n(OCc3ccccc3)c2=O)cc1.O=c1[nH]c(=O)n(OCc2ccccc2)c2ncncc12. The minimum atomic E-state index is -0.669. The average molecular weight is 661 g/mol. The molecule has 0 aliphatic carbocycles. The smallest absolute Gasteiger partial charge is 0.366 e. The van der Waals surface area contributed by atoms with Gasteiger partial charge in [0.25, 0.3) is 11.1 Å². The maximum absolute atomic E-state index is 13.1. The average Bonchev–Trinajstić information content (AvgIpc) is 3.14. The van der Waals surface area contributed by atoms with Crippen LogP contribution in [0, 0.1) is 0 Å². The summed E-state index contributed by atoms with van der Waals surface area (Å²) >= 11 is 0. The highest BCUT2D eigenvalue weighted by Crippen LogP contribution is 2.12. The summed E-state index contributed by atoms with van der Waals surface area (Å²) in [5, 5.41) is 0.397. The largest absolute Gasteiger partial charge is 0.497 e. The molecule has 0 unspecified atom stereocenters. The number of rotatable bonds is 9. The Bertz CT molecular complexity index is 2440. The molecule has 0 aliphatic heterocycles. The van der Waals surface area contributed by atoms with Crippen molar-refractivity contribution in [3.05, 3.63) is 168 Å². The molecule has 0 aliphatic rings. The molecule has 0 saturated heterocycles. The zero-order chi connectivity index (χ0) is 34.2. The summed E-state index contributed by atoms with van der Waals surface area (Å²) in [6.07, 6.45) is 5.25. The second-order valence-corrected chi connectivity index (χ2v) is 10.4. The predicted molar refractivity (Wildman–Crippen MR) is 178 cm³/mol. The maximum Gasteiger partial charge on any atom is 0.366 e. The second kappa shape index (κ2) is 14.7. The highest BCUT2D eigenvalue weighted by atomic mass is 16.7. The van der Waals surface area contributed by atoms with Crippen LogP contribution in [0.15, 0.2) is 129 Å². The number of nitrogens with one attached hydrogen (secondary N) is 1. The Balaban J connectivity index is 0.000000182. The van der Waals surface area contributed by atoms with E-state index in [2.05, 4.69) is 24.9 Å². The molecule has 246 valence electrons. The third kappa shape index (κ3) is 7.25. The van der Waals surface area contributed by atoms with Gasteiger partial charge in [0.05, 0.1) is 13.7 Å². The fourth-order valence-electron chi connectivity index (χ4n) is 4.74. The van der Waals surface area contributed by atoms with Crippen molar-refractivity contribution in [1.29, 1.82) is 0 Å². The van der Waals surface area contributed by atoms with E-state index in [0.29, 0.717) is 5.75 Å². The first kappa shape index (κ1) is 32.1. The van der Waals surface area contributed by atoms with E-state index in [1.54, 1.807) is 31.4 Å². The van der Waals surface area contributed by atoms with E-state index in [0.717, 1.165) is 30.7 Å². The van der Waals surface area contributed by atoms with Crippen molar-refractivity contribution < 1.29 is 14.4 Å². The molecule has 0 atom stereocenters. The number of hydrogen-bond donors (Lipinski definition) is 1. The fraction of sp³-hybridized carbons (Fsp3) is 0.118. The molecule has 4 heterocycles. The number of H-pyrrole nitrogens is 1. The molecule has 15 nitrogen and oxygen atoms in total. The zero-order valence-corrected chi connectivity index (χ0v) is 26.0. The third-order valence-corrected chi connectivity index (χ3v) is 7.20. The van der Waals surface area contributed by atoms with Crippen molar-refractivity contribution in [2.75, 3.05) is 7.11 Å². The van der Waals surface area contributed by atoms with E-state index in [9.17, 15) is 19.2 Å². The monoisotopic (exact) mass is 660 g/mol. The minimum Gasteiger partial charge on any atom is -0.497 e. The molecule has 0 spiro atoms. The highest BCUT2D eigenvalue weighted by molar-refractivity contribution is 5.72. The van der Waals surface area contributed by atoms with Gasteiger partial charge >= 0.3 is 11.4 Å². The molecule has 7 aromatic rings. The van der Waals surface area contributed by atoms with Crippen molar-refractivity contribution in [3.8, 4) is 5.75 Å². The van der Waals surface area contributed by atoms with E-state index in [-0.39, 0.29) is 41.8 Å². The number of aromatic amines is 1. The Labute approximate surface area is 276 Å². The van der Waals surface area contributed by atoms with Gasteiger partial charge < -0.3 is 14.4 Å². The molecule has 0 saturated carbocycles. The van der Waals surface area contributed by atoms with Crippen molar-refractivity contribution >= 4 is 22.1 Å². The maximum atomic E-state index is 13.1. The summed E-state index contributed by atoms with van der Waals surface area (Å²) in [7, 11) is 1.57. The van der Waals surface area contributed by atoms with Gasteiger partial charge in [0.1, 0.15) is 42.4 Å². The van der Waals surface area contributed by atoms with Crippen molar-refractivity contribution in [2.45, 2.75) is 19.8 Å². The summed E-state index contributed by atoms with van der Waals surface area (Å²) in [6, 6.07) is 25.9. The van der Waals surface area contributed by atoms with Crippen molar-refractivity contribution in [3.63, 3.8) is 0 Å².